The van der Waals surface area contributed by atoms with Gasteiger partial charge in [0.1, 0.15) is 5.75 Å². The molecule has 2 heterocycles. The van der Waals surface area contributed by atoms with Gasteiger partial charge in [0.05, 0.1) is 6.61 Å². The number of piperidine rings is 1. The lowest BCUT2D eigenvalue weighted by Gasteiger charge is -2.39. The number of amides is 2. The first-order valence-electron chi connectivity index (χ1n) is 10.9. The van der Waals surface area contributed by atoms with E-state index in [0.717, 1.165) is 70.5 Å². The van der Waals surface area contributed by atoms with Gasteiger partial charge in [-0.15, -0.1) is 0 Å². The zero-order chi connectivity index (χ0) is 20.5. The molecule has 1 spiro atoms. The second-order valence-corrected chi connectivity index (χ2v) is 8.17. The van der Waals surface area contributed by atoms with Crippen molar-refractivity contribution < 1.29 is 14.3 Å². The van der Waals surface area contributed by atoms with Crippen molar-refractivity contribution in [3.8, 4) is 17.6 Å². The van der Waals surface area contributed by atoms with Gasteiger partial charge in [-0.2, -0.15) is 0 Å². The molecule has 5 nitrogen and oxygen atoms in total. The van der Waals surface area contributed by atoms with Crippen molar-refractivity contribution >= 4 is 11.8 Å². The maximum absolute atomic E-state index is 12.5. The molecule has 156 valence electrons. The summed E-state index contributed by atoms with van der Waals surface area (Å²) in [5.41, 5.74) is 0.176. The Labute approximate surface area is 174 Å². The molecule has 2 saturated heterocycles. The van der Waals surface area contributed by atoms with Crippen molar-refractivity contribution in [3.05, 3.63) is 30.3 Å². The molecule has 0 aliphatic carbocycles. The van der Waals surface area contributed by atoms with Crippen molar-refractivity contribution in [2.24, 2.45) is 5.41 Å². The first kappa shape index (κ1) is 21.2. The number of carbonyl (C=O) groups excluding carboxylic acids is 2. The van der Waals surface area contributed by atoms with Crippen LogP contribution in [0.3, 0.4) is 0 Å². The number of para-hydroxylation sites is 1. The molecule has 0 bridgehead atoms. The van der Waals surface area contributed by atoms with Gasteiger partial charge in [-0.1, -0.05) is 31.0 Å². The highest BCUT2D eigenvalue weighted by atomic mass is 16.5. The minimum Gasteiger partial charge on any atom is -0.494 e. The van der Waals surface area contributed by atoms with E-state index >= 15 is 0 Å². The Balaban J connectivity index is 1.37. The van der Waals surface area contributed by atoms with E-state index < -0.39 is 0 Å². The van der Waals surface area contributed by atoms with Crippen LogP contribution in [-0.2, 0) is 9.59 Å². The summed E-state index contributed by atoms with van der Waals surface area (Å²) in [6.45, 7) is 5.80. The molecule has 0 unspecified atom stereocenters. The Morgan fingerprint density at radius 2 is 1.76 bits per heavy atom. The maximum Gasteiger partial charge on any atom is 0.298 e. The average Bonchev–Trinajstić information content (AvgIpc) is 3.16. The van der Waals surface area contributed by atoms with E-state index in [0.29, 0.717) is 13.0 Å². The van der Waals surface area contributed by atoms with Gasteiger partial charge in [-0.3, -0.25) is 9.59 Å². The van der Waals surface area contributed by atoms with E-state index in [1.165, 1.54) is 0 Å². The fourth-order valence-corrected chi connectivity index (χ4v) is 4.18. The third-order valence-electron chi connectivity index (χ3n) is 6.02. The molecule has 2 aliphatic heterocycles. The Kier molecular flexibility index (Phi) is 7.57. The molecule has 2 aliphatic rings. The third-order valence-corrected chi connectivity index (χ3v) is 6.02. The molecular formula is C24H32N2O3. The van der Waals surface area contributed by atoms with Crippen molar-refractivity contribution in [1.29, 1.82) is 0 Å². The minimum atomic E-state index is -0.0350. The predicted octanol–water partition coefficient (Wildman–Crippen LogP) is 3.49. The molecule has 0 N–H and O–H groups in total. The van der Waals surface area contributed by atoms with Crippen molar-refractivity contribution in [3.63, 3.8) is 0 Å². The average molecular weight is 397 g/mol. The van der Waals surface area contributed by atoms with Gasteiger partial charge in [0.2, 0.25) is 5.91 Å². The minimum absolute atomic E-state index is 0.0350. The van der Waals surface area contributed by atoms with Gasteiger partial charge in [0.25, 0.3) is 5.91 Å². The van der Waals surface area contributed by atoms with Crippen molar-refractivity contribution in [1.82, 2.24) is 9.80 Å². The third kappa shape index (κ3) is 6.00. The van der Waals surface area contributed by atoms with Gasteiger partial charge in [-0.25, -0.2) is 0 Å². The van der Waals surface area contributed by atoms with Crippen LogP contribution in [0, 0.1) is 17.3 Å². The molecular weight excluding hydrogens is 364 g/mol. The summed E-state index contributed by atoms with van der Waals surface area (Å²) in [7, 11) is 0. The number of carbonyl (C=O) groups is 2. The summed E-state index contributed by atoms with van der Waals surface area (Å²) < 4.78 is 5.67. The number of rotatable bonds is 6. The number of likely N-dealkylation sites (tertiary alicyclic amines) is 2. The molecule has 5 heteroatoms. The number of unbranched alkanes of at least 4 members (excludes halogenated alkanes) is 1. The van der Waals surface area contributed by atoms with E-state index in [2.05, 4.69) is 18.8 Å². The molecule has 1 aromatic rings. The molecule has 0 aromatic heterocycles. The van der Waals surface area contributed by atoms with Crippen LogP contribution >= 0.6 is 0 Å². The highest BCUT2D eigenvalue weighted by Crippen LogP contribution is 2.40. The summed E-state index contributed by atoms with van der Waals surface area (Å²) in [5.74, 6) is 6.76. The maximum atomic E-state index is 12.5. The van der Waals surface area contributed by atoms with Crippen molar-refractivity contribution in [2.45, 2.75) is 51.9 Å². The van der Waals surface area contributed by atoms with Crippen molar-refractivity contribution in [2.75, 3.05) is 32.8 Å². The van der Waals surface area contributed by atoms with Gasteiger partial charge in [0, 0.05) is 39.0 Å². The summed E-state index contributed by atoms with van der Waals surface area (Å²) in [6.07, 6.45) is 5.99. The number of hydrogen-bond acceptors (Lipinski definition) is 3. The summed E-state index contributed by atoms with van der Waals surface area (Å²) in [4.78, 5) is 28.7. The van der Waals surface area contributed by atoms with E-state index in [9.17, 15) is 9.59 Å². The first-order valence-corrected chi connectivity index (χ1v) is 10.9. The molecule has 0 radical (unpaired) electrons. The molecule has 0 saturated carbocycles. The van der Waals surface area contributed by atoms with Crippen LogP contribution in [0.15, 0.2) is 30.3 Å². The molecule has 0 atom stereocenters. The molecule has 3 rings (SSSR count). The number of ether oxygens (including phenoxy) is 1. The van der Waals surface area contributed by atoms with Crippen LogP contribution in [0.4, 0.5) is 0 Å². The predicted molar refractivity (Wildman–Crippen MR) is 113 cm³/mol. The SMILES string of the molecule is CCCC#CC(=O)N1CCC2(CCN(C(=O)CCCOc3ccccc3)CC2)C1. The topological polar surface area (TPSA) is 49.9 Å². The summed E-state index contributed by atoms with van der Waals surface area (Å²) in [6, 6.07) is 9.70. The number of hydrogen-bond donors (Lipinski definition) is 0. The van der Waals surface area contributed by atoms with Gasteiger partial charge in [0.15, 0.2) is 0 Å². The van der Waals surface area contributed by atoms with Crippen LogP contribution in [0.1, 0.15) is 51.9 Å². The van der Waals surface area contributed by atoms with Gasteiger partial charge >= 0.3 is 0 Å². The van der Waals surface area contributed by atoms with E-state index in [1.807, 2.05) is 40.1 Å². The lowest BCUT2D eigenvalue weighted by molar-refractivity contribution is -0.134. The Morgan fingerprint density at radius 1 is 1.07 bits per heavy atom. The highest BCUT2D eigenvalue weighted by molar-refractivity contribution is 5.93. The fraction of sp³-hybridized carbons (Fsp3) is 0.583. The summed E-state index contributed by atoms with van der Waals surface area (Å²) in [5, 5.41) is 0. The van der Waals surface area contributed by atoms with Crippen LogP contribution in [0.2, 0.25) is 0 Å². The lowest BCUT2D eigenvalue weighted by Crippen LogP contribution is -2.44. The van der Waals surface area contributed by atoms with Crippen LogP contribution in [0.25, 0.3) is 0 Å². The van der Waals surface area contributed by atoms with Gasteiger partial charge < -0.3 is 14.5 Å². The second kappa shape index (κ2) is 10.3. The molecule has 29 heavy (non-hydrogen) atoms. The monoisotopic (exact) mass is 396 g/mol. The zero-order valence-electron chi connectivity index (χ0n) is 17.5. The lowest BCUT2D eigenvalue weighted by atomic mass is 9.77. The molecule has 2 amide bonds. The number of benzene rings is 1. The molecule has 2 fully saturated rings. The van der Waals surface area contributed by atoms with E-state index in [1.54, 1.807) is 0 Å². The Morgan fingerprint density at radius 3 is 2.45 bits per heavy atom. The standard InChI is InChI=1S/C24H32N2O3/c1-2-3-5-11-23(28)26-18-15-24(20-26)13-16-25(17-14-24)22(27)12-8-19-29-21-9-6-4-7-10-21/h4,6-7,9-10H,2-3,8,12-20H2,1H3. The van der Waals surface area contributed by atoms with Gasteiger partial charge in [-0.05, 0) is 55.6 Å². The summed E-state index contributed by atoms with van der Waals surface area (Å²) >= 11 is 0. The zero-order valence-corrected chi connectivity index (χ0v) is 17.5. The first-order chi connectivity index (χ1) is 14.1. The molecule has 1 aromatic carbocycles. The van der Waals surface area contributed by atoms with Crippen LogP contribution in [0.5, 0.6) is 5.75 Å². The quantitative estimate of drug-likeness (QED) is 0.546. The number of nitrogens with zero attached hydrogens (tertiary/aromatic N) is 2. The smallest absolute Gasteiger partial charge is 0.298 e. The fourth-order valence-electron chi connectivity index (χ4n) is 4.18. The van der Waals surface area contributed by atoms with Crippen LogP contribution in [-0.4, -0.2) is 54.4 Å². The Bertz CT molecular complexity index is 742. The van der Waals surface area contributed by atoms with E-state index in [4.69, 9.17) is 4.74 Å². The van der Waals surface area contributed by atoms with Crippen LogP contribution < -0.4 is 4.74 Å². The Hall–Kier alpha value is -2.48. The van der Waals surface area contributed by atoms with E-state index in [-0.39, 0.29) is 17.2 Å². The normalized spacial score (nSPS) is 17.7. The largest absolute Gasteiger partial charge is 0.494 e. The highest BCUT2D eigenvalue weighted by Gasteiger charge is 2.42. The second-order valence-electron chi connectivity index (χ2n) is 8.17.